The fourth-order valence-electron chi connectivity index (χ4n) is 1.19. The summed E-state index contributed by atoms with van der Waals surface area (Å²) in [6.07, 6.45) is -5.47. The summed E-state index contributed by atoms with van der Waals surface area (Å²) in [5, 5.41) is 2.10. The van der Waals surface area contributed by atoms with Crippen molar-refractivity contribution in [1.29, 1.82) is 0 Å². The minimum atomic E-state index is -4.57. The normalized spacial score (nSPS) is 12.1. The number of nitrogens with zero attached hydrogens (tertiary/aromatic N) is 1. The summed E-state index contributed by atoms with van der Waals surface area (Å²) in [6.45, 7) is 4.88. The van der Waals surface area contributed by atoms with Crippen molar-refractivity contribution in [2.75, 3.05) is 11.1 Å². The van der Waals surface area contributed by atoms with Crippen LogP contribution in [0, 0.1) is 0 Å². The molecule has 0 atom stereocenters. The highest BCUT2D eigenvalue weighted by Gasteiger charge is 2.31. The Hall–Kier alpha value is -1.99. The molecule has 1 rings (SSSR count). The van der Waals surface area contributed by atoms with E-state index in [9.17, 15) is 18.0 Å². The van der Waals surface area contributed by atoms with Crippen molar-refractivity contribution in [1.82, 2.24) is 4.98 Å². The van der Waals surface area contributed by atoms with E-state index >= 15 is 0 Å². The molecule has 1 aromatic heterocycles. The second-order valence-corrected chi connectivity index (χ2v) is 4.79. The predicted octanol–water partition coefficient (Wildman–Crippen LogP) is 3.03. The van der Waals surface area contributed by atoms with Crippen molar-refractivity contribution in [2.24, 2.45) is 0 Å². The fraction of sp³-hybridized carbons (Fsp3) is 0.455. The van der Waals surface area contributed by atoms with E-state index in [1.807, 2.05) is 0 Å². The number of aromatic nitrogens is 1. The maximum Gasteiger partial charge on any atom is 0.416 e. The largest absolute Gasteiger partial charge is 0.444 e. The number of amides is 1. The van der Waals surface area contributed by atoms with E-state index in [1.54, 1.807) is 20.8 Å². The van der Waals surface area contributed by atoms with E-state index in [4.69, 9.17) is 10.5 Å². The molecule has 0 radical (unpaired) electrons. The molecule has 0 aliphatic carbocycles. The maximum atomic E-state index is 12.5. The molecule has 106 valence electrons. The van der Waals surface area contributed by atoms with E-state index in [1.165, 1.54) is 0 Å². The molecule has 1 aromatic rings. The summed E-state index contributed by atoms with van der Waals surface area (Å²) in [4.78, 5) is 15.0. The van der Waals surface area contributed by atoms with Crippen LogP contribution >= 0.6 is 0 Å². The molecular weight excluding hydrogens is 263 g/mol. The Morgan fingerprint density at radius 3 is 2.37 bits per heavy atom. The number of ether oxygens (including phenoxy) is 1. The lowest BCUT2D eigenvalue weighted by Crippen LogP contribution is -2.27. The van der Waals surface area contributed by atoms with Crippen LogP contribution in [0.4, 0.5) is 29.6 Å². The molecule has 0 saturated carbocycles. The molecule has 1 heterocycles. The van der Waals surface area contributed by atoms with Gasteiger partial charge in [-0.1, -0.05) is 0 Å². The number of nitrogens with two attached hydrogens (primary N) is 1. The molecule has 0 aliphatic rings. The van der Waals surface area contributed by atoms with Crippen LogP contribution in [-0.4, -0.2) is 16.7 Å². The van der Waals surface area contributed by atoms with Crippen molar-refractivity contribution in [3.8, 4) is 0 Å². The third kappa shape index (κ3) is 5.02. The molecule has 5 nitrogen and oxygen atoms in total. The summed E-state index contributed by atoms with van der Waals surface area (Å²) in [5.41, 5.74) is 3.49. The molecule has 0 spiro atoms. The van der Waals surface area contributed by atoms with Gasteiger partial charge in [0.05, 0.1) is 5.56 Å². The number of alkyl halides is 3. The van der Waals surface area contributed by atoms with Crippen LogP contribution < -0.4 is 11.1 Å². The van der Waals surface area contributed by atoms with Crippen LogP contribution in [0.1, 0.15) is 26.3 Å². The summed E-state index contributed by atoms with van der Waals surface area (Å²) in [6, 6.07) is 1.36. The highest BCUT2D eigenvalue weighted by Crippen LogP contribution is 2.31. The minimum Gasteiger partial charge on any atom is -0.444 e. The van der Waals surface area contributed by atoms with Crippen LogP contribution in [0.2, 0.25) is 0 Å². The minimum absolute atomic E-state index is 0.318. The van der Waals surface area contributed by atoms with Gasteiger partial charge in [-0.2, -0.15) is 13.2 Å². The van der Waals surface area contributed by atoms with Crippen LogP contribution in [0.25, 0.3) is 0 Å². The Morgan fingerprint density at radius 2 is 1.89 bits per heavy atom. The Morgan fingerprint density at radius 1 is 1.32 bits per heavy atom. The lowest BCUT2D eigenvalue weighted by Gasteiger charge is -2.19. The van der Waals surface area contributed by atoms with Crippen LogP contribution in [0.3, 0.4) is 0 Å². The van der Waals surface area contributed by atoms with Crippen LogP contribution in [0.5, 0.6) is 0 Å². The fourth-order valence-corrected chi connectivity index (χ4v) is 1.19. The number of anilines is 2. The third-order valence-corrected chi connectivity index (χ3v) is 1.80. The Bertz CT molecular complexity index is 481. The average Bonchev–Trinajstić information content (AvgIpc) is 2.11. The molecule has 8 heteroatoms. The Kier molecular flexibility index (Phi) is 3.92. The van der Waals surface area contributed by atoms with Crippen molar-refractivity contribution in [3.05, 3.63) is 17.7 Å². The number of carbonyl (C=O) groups is 1. The van der Waals surface area contributed by atoms with Gasteiger partial charge >= 0.3 is 12.3 Å². The van der Waals surface area contributed by atoms with E-state index in [0.29, 0.717) is 12.1 Å². The zero-order valence-electron chi connectivity index (χ0n) is 10.6. The van der Waals surface area contributed by atoms with Gasteiger partial charge in [-0.3, -0.25) is 5.32 Å². The summed E-state index contributed by atoms with van der Waals surface area (Å²) in [5.74, 6) is -0.664. The van der Waals surface area contributed by atoms with Gasteiger partial charge in [0.1, 0.15) is 17.2 Å². The van der Waals surface area contributed by atoms with Gasteiger partial charge in [0, 0.05) is 0 Å². The first-order chi connectivity index (χ1) is 8.47. The van der Waals surface area contributed by atoms with Crippen molar-refractivity contribution < 1.29 is 22.7 Å². The van der Waals surface area contributed by atoms with E-state index in [-0.39, 0.29) is 11.6 Å². The quantitative estimate of drug-likeness (QED) is 0.827. The van der Waals surface area contributed by atoms with Gasteiger partial charge in [-0.15, -0.1) is 0 Å². The zero-order chi connectivity index (χ0) is 14.8. The number of hydrogen-bond acceptors (Lipinski definition) is 4. The lowest BCUT2D eigenvalue weighted by atomic mass is 10.2. The second-order valence-electron chi connectivity index (χ2n) is 4.79. The SMILES string of the molecule is CC(C)(C)OC(=O)Nc1cc(C(F)(F)F)cc(N)n1. The first-order valence-electron chi connectivity index (χ1n) is 5.32. The third-order valence-electron chi connectivity index (χ3n) is 1.80. The zero-order valence-corrected chi connectivity index (χ0v) is 10.6. The Labute approximate surface area is 108 Å². The molecule has 0 aromatic carbocycles. The Balaban J connectivity index is 2.91. The summed E-state index contributed by atoms with van der Waals surface area (Å²) < 4.78 is 42.5. The molecule has 3 N–H and O–H groups in total. The van der Waals surface area contributed by atoms with Crippen molar-refractivity contribution in [2.45, 2.75) is 32.5 Å². The molecule has 0 bridgehead atoms. The molecule has 0 unspecified atom stereocenters. The molecular formula is C11H14F3N3O2. The summed E-state index contributed by atoms with van der Waals surface area (Å²) in [7, 11) is 0. The van der Waals surface area contributed by atoms with Gasteiger partial charge in [0.25, 0.3) is 0 Å². The van der Waals surface area contributed by atoms with Crippen LogP contribution in [-0.2, 0) is 10.9 Å². The van der Waals surface area contributed by atoms with E-state index in [0.717, 1.165) is 0 Å². The first kappa shape index (κ1) is 15.1. The number of nitrogens with one attached hydrogen (secondary N) is 1. The van der Waals surface area contributed by atoms with Crippen LogP contribution in [0.15, 0.2) is 12.1 Å². The smallest absolute Gasteiger partial charge is 0.416 e. The number of carbonyl (C=O) groups excluding carboxylic acids is 1. The average molecular weight is 277 g/mol. The van der Waals surface area contributed by atoms with Gasteiger partial charge in [0.2, 0.25) is 0 Å². The van der Waals surface area contributed by atoms with Crippen molar-refractivity contribution >= 4 is 17.7 Å². The van der Waals surface area contributed by atoms with Crippen molar-refractivity contribution in [3.63, 3.8) is 0 Å². The molecule has 0 saturated heterocycles. The molecule has 19 heavy (non-hydrogen) atoms. The van der Waals surface area contributed by atoms with Gasteiger partial charge in [0.15, 0.2) is 0 Å². The monoisotopic (exact) mass is 277 g/mol. The topological polar surface area (TPSA) is 77.2 Å². The highest BCUT2D eigenvalue weighted by atomic mass is 19.4. The van der Waals surface area contributed by atoms with E-state index in [2.05, 4.69) is 10.3 Å². The molecule has 0 aliphatic heterocycles. The highest BCUT2D eigenvalue weighted by molar-refractivity contribution is 5.84. The lowest BCUT2D eigenvalue weighted by molar-refractivity contribution is -0.137. The molecule has 0 fully saturated rings. The number of halogens is 3. The molecule has 1 amide bonds. The number of nitrogen functional groups attached to an aromatic ring is 1. The van der Waals surface area contributed by atoms with Gasteiger partial charge in [-0.05, 0) is 32.9 Å². The predicted molar refractivity (Wildman–Crippen MR) is 63.5 cm³/mol. The number of pyridine rings is 1. The summed E-state index contributed by atoms with van der Waals surface area (Å²) >= 11 is 0. The second kappa shape index (κ2) is 4.94. The number of rotatable bonds is 1. The van der Waals surface area contributed by atoms with E-state index < -0.39 is 23.4 Å². The first-order valence-corrected chi connectivity index (χ1v) is 5.32. The maximum absolute atomic E-state index is 12.5. The number of hydrogen-bond donors (Lipinski definition) is 2. The van der Waals surface area contributed by atoms with Gasteiger partial charge < -0.3 is 10.5 Å². The standard InChI is InChI=1S/C11H14F3N3O2/c1-10(2,3)19-9(18)17-8-5-6(11(12,13)14)4-7(15)16-8/h4-5H,1-3H3,(H3,15,16,17,18). The van der Waals surface area contributed by atoms with Gasteiger partial charge in [-0.25, -0.2) is 9.78 Å².